The molecule has 0 aromatic carbocycles. The second-order valence-electron chi connectivity index (χ2n) is 10.3. The maximum atomic E-state index is 13.0. The molecular formula is C24H40N2O4. The summed E-state index contributed by atoms with van der Waals surface area (Å²) in [5.74, 6) is 1.85. The molecule has 2 heterocycles. The van der Waals surface area contributed by atoms with E-state index in [0.29, 0.717) is 11.8 Å². The average molecular weight is 421 g/mol. The Morgan fingerprint density at radius 3 is 1.30 bits per heavy atom. The van der Waals surface area contributed by atoms with Gasteiger partial charge in [-0.1, -0.05) is 0 Å². The van der Waals surface area contributed by atoms with Gasteiger partial charge >= 0.3 is 0 Å². The third kappa shape index (κ3) is 5.01. The number of amides is 2. The molecule has 3 saturated carbocycles. The molecule has 170 valence electrons. The number of hydrogen-bond acceptors (Lipinski definition) is 4. The highest BCUT2D eigenvalue weighted by atomic mass is 16.5. The highest BCUT2D eigenvalue weighted by molar-refractivity contribution is 5.87. The van der Waals surface area contributed by atoms with Crippen LogP contribution in [0.4, 0.5) is 0 Å². The standard InChI is InChI=1S/C24H40N2O4/c27-21(25-13-1-19-3-15-29-16-4-19)23-7-10-24(11-8-23,12-9-23)22(28)26-14-2-20-5-17-30-18-6-20/h19-20H,1-18H2,(H,25,27)(H,26,28). The Labute approximate surface area is 181 Å². The fourth-order valence-corrected chi connectivity index (χ4v) is 6.09. The highest BCUT2D eigenvalue weighted by Gasteiger charge is 2.55. The van der Waals surface area contributed by atoms with Crippen LogP contribution in [0.2, 0.25) is 0 Å². The minimum atomic E-state index is -0.222. The lowest BCUT2D eigenvalue weighted by molar-refractivity contribution is -0.150. The Bertz CT molecular complexity index is 519. The molecule has 2 amide bonds. The van der Waals surface area contributed by atoms with Crippen LogP contribution in [0.5, 0.6) is 0 Å². The molecule has 5 aliphatic rings. The molecular weight excluding hydrogens is 380 g/mol. The molecule has 0 radical (unpaired) electrons. The third-order valence-corrected chi connectivity index (χ3v) is 8.57. The molecule has 0 spiro atoms. The summed E-state index contributed by atoms with van der Waals surface area (Å²) in [5, 5.41) is 6.48. The quantitative estimate of drug-likeness (QED) is 0.632. The number of rotatable bonds is 8. The molecule has 3 aliphatic carbocycles. The summed E-state index contributed by atoms with van der Waals surface area (Å²) in [7, 11) is 0. The molecule has 2 bridgehead atoms. The summed E-state index contributed by atoms with van der Waals surface area (Å²) >= 11 is 0. The van der Waals surface area contributed by atoms with Gasteiger partial charge in [0.2, 0.25) is 11.8 Å². The van der Waals surface area contributed by atoms with E-state index < -0.39 is 0 Å². The summed E-state index contributed by atoms with van der Waals surface area (Å²) in [6, 6.07) is 0. The van der Waals surface area contributed by atoms with Crippen LogP contribution < -0.4 is 10.6 Å². The fraction of sp³-hybridized carbons (Fsp3) is 0.917. The Morgan fingerprint density at radius 1 is 0.633 bits per heavy atom. The lowest BCUT2D eigenvalue weighted by Gasteiger charge is -2.51. The van der Waals surface area contributed by atoms with Crippen molar-refractivity contribution in [2.24, 2.45) is 22.7 Å². The third-order valence-electron chi connectivity index (χ3n) is 8.57. The first-order chi connectivity index (χ1) is 14.6. The average Bonchev–Trinajstić information content (AvgIpc) is 2.81. The van der Waals surface area contributed by atoms with E-state index in [4.69, 9.17) is 9.47 Å². The van der Waals surface area contributed by atoms with E-state index in [1.807, 2.05) is 0 Å². The lowest BCUT2D eigenvalue weighted by atomic mass is 9.53. The summed E-state index contributed by atoms with van der Waals surface area (Å²) < 4.78 is 10.8. The van der Waals surface area contributed by atoms with Crippen LogP contribution in [0.15, 0.2) is 0 Å². The second kappa shape index (κ2) is 9.99. The Morgan fingerprint density at radius 2 is 0.967 bits per heavy atom. The van der Waals surface area contributed by atoms with Crippen molar-refractivity contribution in [2.75, 3.05) is 39.5 Å². The Hall–Kier alpha value is -1.14. The van der Waals surface area contributed by atoms with Crippen molar-refractivity contribution in [3.63, 3.8) is 0 Å². The number of fused-ring (bicyclic) bond motifs is 3. The SMILES string of the molecule is O=C(NCCC1CCOCC1)C12CCC(C(=O)NCCC3CCOCC3)(CC1)CC2. The van der Waals surface area contributed by atoms with Gasteiger partial charge in [-0.05, 0) is 88.9 Å². The van der Waals surface area contributed by atoms with E-state index in [1.165, 1.54) is 0 Å². The van der Waals surface area contributed by atoms with Gasteiger partial charge in [-0.25, -0.2) is 0 Å². The van der Waals surface area contributed by atoms with Crippen LogP contribution in [0, 0.1) is 22.7 Å². The number of ether oxygens (including phenoxy) is 2. The maximum Gasteiger partial charge on any atom is 0.226 e. The molecule has 5 fully saturated rings. The lowest BCUT2D eigenvalue weighted by Crippen LogP contribution is -2.55. The van der Waals surface area contributed by atoms with E-state index in [9.17, 15) is 9.59 Å². The molecule has 0 aromatic heterocycles. The van der Waals surface area contributed by atoms with Gasteiger partial charge in [-0.2, -0.15) is 0 Å². The molecule has 2 saturated heterocycles. The zero-order chi connectivity index (χ0) is 20.9. The van der Waals surface area contributed by atoms with Crippen LogP contribution in [0.25, 0.3) is 0 Å². The van der Waals surface area contributed by atoms with Crippen molar-refractivity contribution in [1.29, 1.82) is 0 Å². The predicted octanol–water partition coefficient (Wildman–Crippen LogP) is 3.19. The summed E-state index contributed by atoms with van der Waals surface area (Å²) in [4.78, 5) is 26.0. The zero-order valence-electron chi connectivity index (χ0n) is 18.5. The molecule has 0 aromatic rings. The maximum absolute atomic E-state index is 13.0. The summed E-state index contributed by atoms with van der Waals surface area (Å²) in [6.45, 7) is 5.01. The van der Waals surface area contributed by atoms with Crippen molar-refractivity contribution in [2.45, 2.75) is 77.0 Å². The van der Waals surface area contributed by atoms with Gasteiger partial charge in [0.25, 0.3) is 0 Å². The van der Waals surface area contributed by atoms with Gasteiger partial charge in [-0.15, -0.1) is 0 Å². The van der Waals surface area contributed by atoms with Crippen LogP contribution in [0.3, 0.4) is 0 Å². The first-order valence-electron chi connectivity index (χ1n) is 12.3. The van der Waals surface area contributed by atoms with Gasteiger partial charge in [0.05, 0.1) is 0 Å². The predicted molar refractivity (Wildman–Crippen MR) is 115 cm³/mol. The molecule has 0 atom stereocenters. The summed E-state index contributed by atoms with van der Waals surface area (Å²) in [6.07, 6.45) is 11.8. The van der Waals surface area contributed by atoms with Crippen LogP contribution in [0.1, 0.15) is 77.0 Å². The molecule has 6 nitrogen and oxygen atoms in total. The normalized spacial score (nSPS) is 32.7. The van der Waals surface area contributed by atoms with Crippen molar-refractivity contribution in [1.82, 2.24) is 10.6 Å². The zero-order valence-corrected chi connectivity index (χ0v) is 18.5. The first-order valence-corrected chi connectivity index (χ1v) is 12.3. The monoisotopic (exact) mass is 420 g/mol. The number of carbonyl (C=O) groups excluding carboxylic acids is 2. The van der Waals surface area contributed by atoms with E-state index in [2.05, 4.69) is 10.6 Å². The minimum Gasteiger partial charge on any atom is -0.381 e. The van der Waals surface area contributed by atoms with E-state index in [0.717, 1.165) is 117 Å². The topological polar surface area (TPSA) is 76.7 Å². The van der Waals surface area contributed by atoms with Gasteiger partial charge in [-0.3, -0.25) is 9.59 Å². The number of hydrogen-bond donors (Lipinski definition) is 2. The molecule has 2 N–H and O–H groups in total. The largest absolute Gasteiger partial charge is 0.381 e. The van der Waals surface area contributed by atoms with Crippen molar-refractivity contribution < 1.29 is 19.1 Å². The number of carbonyl (C=O) groups is 2. The molecule has 30 heavy (non-hydrogen) atoms. The summed E-state index contributed by atoms with van der Waals surface area (Å²) in [5.41, 5.74) is -0.445. The number of nitrogens with one attached hydrogen (secondary N) is 2. The van der Waals surface area contributed by atoms with Crippen molar-refractivity contribution in [3.05, 3.63) is 0 Å². The van der Waals surface area contributed by atoms with Crippen LogP contribution >= 0.6 is 0 Å². The van der Waals surface area contributed by atoms with Crippen LogP contribution in [-0.4, -0.2) is 51.3 Å². The fourth-order valence-electron chi connectivity index (χ4n) is 6.09. The van der Waals surface area contributed by atoms with Crippen molar-refractivity contribution in [3.8, 4) is 0 Å². The smallest absolute Gasteiger partial charge is 0.226 e. The van der Waals surface area contributed by atoms with Gasteiger partial charge < -0.3 is 20.1 Å². The second-order valence-corrected chi connectivity index (χ2v) is 10.3. The highest BCUT2D eigenvalue weighted by Crippen LogP contribution is 2.57. The molecule has 2 aliphatic heterocycles. The van der Waals surface area contributed by atoms with E-state index in [-0.39, 0.29) is 22.6 Å². The van der Waals surface area contributed by atoms with Crippen LogP contribution in [-0.2, 0) is 19.1 Å². The first kappa shape index (κ1) is 22.1. The van der Waals surface area contributed by atoms with Gasteiger partial charge in [0.15, 0.2) is 0 Å². The molecule has 0 unspecified atom stereocenters. The Balaban J connectivity index is 1.19. The molecule has 6 heteroatoms. The van der Waals surface area contributed by atoms with Gasteiger partial charge in [0, 0.05) is 50.3 Å². The van der Waals surface area contributed by atoms with Gasteiger partial charge in [0.1, 0.15) is 0 Å². The van der Waals surface area contributed by atoms with Crippen molar-refractivity contribution >= 4 is 11.8 Å². The van der Waals surface area contributed by atoms with E-state index in [1.54, 1.807) is 0 Å². The molecule has 5 rings (SSSR count). The Kier molecular flexibility index (Phi) is 7.35. The minimum absolute atomic E-state index is 0.222. The van der Waals surface area contributed by atoms with E-state index >= 15 is 0 Å².